The van der Waals surface area contributed by atoms with Crippen molar-refractivity contribution in [3.8, 4) is 0 Å². The largest absolute Gasteiger partial charge is 0.469 e. The van der Waals surface area contributed by atoms with Crippen LogP contribution in [0.5, 0.6) is 0 Å². The van der Waals surface area contributed by atoms with Gasteiger partial charge in [-0.1, -0.05) is 42.5 Å². The van der Waals surface area contributed by atoms with Crippen molar-refractivity contribution in [2.45, 2.75) is 48.9 Å². The maximum Gasteiger partial charge on any atom is 0.469 e. The average Bonchev–Trinajstić information content (AvgIpc) is 3.59. The van der Waals surface area contributed by atoms with E-state index in [0.29, 0.717) is 11.1 Å². The maximum absolute atomic E-state index is 13.2. The standard InChI is InChI=1S/C30H28N5O11P/c36-22-15-8-13-5-4-11-2-1-3-12-6-7-14(18(13)17(11)12)19(15)20(24(38)25(22)39)32-30-33-27-21(28(41)34-30)31-10-35(27)29-26(40)23(37)16(46-29)9-45-47(42,43)44/h1-8,10,16,20,22-26,29,36-40H,9H2,(H2,42,43,44)(H2,32,33,34,41)/t16-,20-,22-,23-,24-,25+,26-,29-/m1/s1. The van der Waals surface area contributed by atoms with E-state index in [4.69, 9.17) is 14.5 Å². The second-order valence-corrected chi connectivity index (χ2v) is 13.1. The van der Waals surface area contributed by atoms with Crippen LogP contribution in [0.25, 0.3) is 43.5 Å². The Kier molecular flexibility index (Phi) is 6.91. The van der Waals surface area contributed by atoms with Crippen LogP contribution in [0.1, 0.15) is 29.5 Å². The number of phosphoric acid groups is 1. The molecule has 0 radical (unpaired) electrons. The summed E-state index contributed by atoms with van der Waals surface area (Å²) in [5, 5.41) is 63.0. The number of nitrogens with one attached hydrogen (secondary N) is 2. The molecule has 1 aliphatic heterocycles. The summed E-state index contributed by atoms with van der Waals surface area (Å²) in [4.78, 5) is 42.3. The lowest BCUT2D eigenvalue weighted by Gasteiger charge is -2.38. The first-order chi connectivity index (χ1) is 22.4. The van der Waals surface area contributed by atoms with Gasteiger partial charge in [-0.3, -0.25) is 18.9 Å². The van der Waals surface area contributed by atoms with Gasteiger partial charge in [0.1, 0.15) is 36.6 Å². The summed E-state index contributed by atoms with van der Waals surface area (Å²) in [6.45, 7) is -0.734. The summed E-state index contributed by atoms with van der Waals surface area (Å²) >= 11 is 0. The first-order valence-electron chi connectivity index (χ1n) is 14.6. The Balaban J connectivity index is 1.22. The number of aliphatic hydroxyl groups excluding tert-OH is 5. The number of hydrogen-bond acceptors (Lipinski definition) is 12. The van der Waals surface area contributed by atoms with Crippen LogP contribution >= 0.6 is 7.82 Å². The lowest BCUT2D eigenvalue weighted by atomic mass is 9.77. The number of fused-ring (bicyclic) bond motifs is 3. The van der Waals surface area contributed by atoms with E-state index in [1.165, 1.54) is 4.57 Å². The molecule has 8 atom stereocenters. The van der Waals surface area contributed by atoms with E-state index in [-0.39, 0.29) is 17.1 Å². The van der Waals surface area contributed by atoms with E-state index in [1.54, 1.807) is 6.07 Å². The molecule has 1 aliphatic carbocycles. The molecule has 0 unspecified atom stereocenters. The number of hydrogen-bond donors (Lipinski definition) is 9. The molecular formula is C30H28N5O11P. The Labute approximate surface area is 263 Å². The van der Waals surface area contributed by atoms with Gasteiger partial charge in [0.15, 0.2) is 17.4 Å². The number of nitrogens with zero attached hydrogens (tertiary/aromatic N) is 3. The van der Waals surface area contributed by atoms with Gasteiger partial charge in [0.05, 0.1) is 19.0 Å². The van der Waals surface area contributed by atoms with E-state index in [1.807, 2.05) is 42.5 Å². The number of anilines is 1. The van der Waals surface area contributed by atoms with E-state index in [9.17, 15) is 34.9 Å². The van der Waals surface area contributed by atoms with Crippen molar-refractivity contribution in [1.29, 1.82) is 0 Å². The zero-order valence-electron chi connectivity index (χ0n) is 24.1. The van der Waals surface area contributed by atoms with Gasteiger partial charge in [-0.25, -0.2) is 9.55 Å². The Bertz CT molecular complexity index is 2270. The molecule has 0 saturated carbocycles. The lowest BCUT2D eigenvalue weighted by molar-refractivity contribution is -0.0767. The van der Waals surface area contributed by atoms with Crippen LogP contribution in [0.15, 0.2) is 59.7 Å². The molecule has 47 heavy (non-hydrogen) atoms. The fraction of sp³-hybridized carbons (Fsp3) is 0.300. The number of H-pyrrole nitrogens is 1. The fourth-order valence-corrected chi connectivity index (χ4v) is 7.28. The molecule has 0 bridgehead atoms. The van der Waals surface area contributed by atoms with Crippen LogP contribution in [0.3, 0.4) is 0 Å². The van der Waals surface area contributed by atoms with Crippen molar-refractivity contribution in [3.63, 3.8) is 0 Å². The van der Waals surface area contributed by atoms with Crippen LogP contribution in [0, 0.1) is 0 Å². The molecule has 1 saturated heterocycles. The van der Waals surface area contributed by atoms with E-state index >= 15 is 0 Å². The number of benzene rings is 4. The quantitative estimate of drug-likeness (QED) is 0.0876. The van der Waals surface area contributed by atoms with Crippen molar-refractivity contribution >= 4 is 57.3 Å². The van der Waals surface area contributed by atoms with E-state index in [0.717, 1.165) is 38.6 Å². The lowest BCUT2D eigenvalue weighted by Crippen LogP contribution is -2.44. The summed E-state index contributed by atoms with van der Waals surface area (Å²) in [5.74, 6) is -0.150. The Morgan fingerprint density at radius 1 is 0.936 bits per heavy atom. The van der Waals surface area contributed by atoms with Gasteiger partial charge in [-0.15, -0.1) is 0 Å². The molecule has 4 aromatic carbocycles. The monoisotopic (exact) mass is 665 g/mol. The van der Waals surface area contributed by atoms with Crippen molar-refractivity contribution < 1.29 is 49.1 Å². The number of phosphoric ester groups is 1. The minimum atomic E-state index is -4.90. The van der Waals surface area contributed by atoms with Gasteiger partial charge in [0, 0.05) is 0 Å². The Hall–Kier alpha value is -4.06. The summed E-state index contributed by atoms with van der Waals surface area (Å²) in [5.41, 5.74) is -0.0564. The van der Waals surface area contributed by atoms with Crippen LogP contribution < -0.4 is 10.9 Å². The third-order valence-electron chi connectivity index (χ3n) is 9.11. The first-order valence-corrected chi connectivity index (χ1v) is 16.1. The maximum atomic E-state index is 13.2. The SMILES string of the molecule is O=c1[nH]c(N[C@@H]2c3c(cc4ccc5cccc6ccc3c4c56)[C@@H](O)[C@H](O)[C@@H]2O)nc2c1ncn2[C@@H]1O[C@H](COP(=O)(O)O)[C@@H](O)[C@H]1O. The third kappa shape index (κ3) is 4.73. The number of ether oxygens (including phenoxy) is 1. The molecule has 17 heteroatoms. The summed E-state index contributed by atoms with van der Waals surface area (Å²) in [6.07, 6.45) is -9.34. The highest BCUT2D eigenvalue weighted by Crippen LogP contribution is 2.46. The molecule has 2 aliphatic rings. The number of aromatic nitrogens is 4. The average molecular weight is 666 g/mol. The van der Waals surface area contributed by atoms with Gasteiger partial charge in [-0.05, 0) is 49.5 Å². The first kappa shape index (κ1) is 30.3. The fourth-order valence-electron chi connectivity index (χ4n) is 6.94. The van der Waals surface area contributed by atoms with Gasteiger partial charge in [0.25, 0.3) is 5.56 Å². The normalized spacial score (nSPS) is 28.1. The summed E-state index contributed by atoms with van der Waals surface area (Å²) in [6, 6.07) is 14.4. The second kappa shape index (κ2) is 10.7. The van der Waals surface area contributed by atoms with Gasteiger partial charge in [-0.2, -0.15) is 4.98 Å². The van der Waals surface area contributed by atoms with Crippen molar-refractivity contribution in [1.82, 2.24) is 19.5 Å². The number of rotatable bonds is 6. The second-order valence-electron chi connectivity index (χ2n) is 11.9. The minimum absolute atomic E-state index is 0.0921. The van der Waals surface area contributed by atoms with E-state index in [2.05, 4.69) is 24.8 Å². The van der Waals surface area contributed by atoms with Crippen molar-refractivity contribution in [3.05, 3.63) is 76.3 Å². The van der Waals surface area contributed by atoms with Crippen LogP contribution in [-0.2, 0) is 13.8 Å². The highest BCUT2D eigenvalue weighted by Gasteiger charge is 2.46. The Morgan fingerprint density at radius 2 is 1.66 bits per heavy atom. The van der Waals surface area contributed by atoms with E-state index < -0.39 is 68.9 Å². The molecule has 9 N–H and O–H groups in total. The smallest absolute Gasteiger partial charge is 0.388 e. The highest BCUT2D eigenvalue weighted by molar-refractivity contribution is 7.46. The predicted molar refractivity (Wildman–Crippen MR) is 166 cm³/mol. The zero-order valence-corrected chi connectivity index (χ0v) is 25.0. The topological polar surface area (TPSA) is 253 Å². The molecule has 3 heterocycles. The zero-order chi connectivity index (χ0) is 32.9. The number of aromatic amines is 1. The molecule has 6 aromatic rings. The number of imidazole rings is 1. The van der Waals surface area contributed by atoms with Gasteiger partial charge in [0.2, 0.25) is 5.95 Å². The molecule has 16 nitrogen and oxygen atoms in total. The molecule has 1 fully saturated rings. The Morgan fingerprint density at radius 3 is 2.40 bits per heavy atom. The molecule has 2 aromatic heterocycles. The molecule has 8 rings (SSSR count). The molecule has 244 valence electrons. The van der Waals surface area contributed by atoms with Crippen molar-refractivity contribution in [2.24, 2.45) is 0 Å². The third-order valence-corrected chi connectivity index (χ3v) is 9.59. The van der Waals surface area contributed by atoms with Gasteiger partial charge >= 0.3 is 7.82 Å². The number of aliphatic hydroxyl groups is 5. The molecule has 0 spiro atoms. The molecule has 0 amide bonds. The molecular weight excluding hydrogens is 637 g/mol. The van der Waals surface area contributed by atoms with Crippen molar-refractivity contribution in [2.75, 3.05) is 11.9 Å². The summed E-state index contributed by atoms with van der Waals surface area (Å²) < 4.78 is 22.4. The minimum Gasteiger partial charge on any atom is -0.388 e. The van der Waals surface area contributed by atoms with Crippen LogP contribution in [0.4, 0.5) is 5.95 Å². The highest BCUT2D eigenvalue weighted by atomic mass is 31.2. The summed E-state index contributed by atoms with van der Waals surface area (Å²) in [7, 11) is -4.90. The van der Waals surface area contributed by atoms with Crippen LogP contribution in [-0.4, -0.2) is 92.0 Å². The van der Waals surface area contributed by atoms with Crippen LogP contribution in [0.2, 0.25) is 0 Å². The van der Waals surface area contributed by atoms with Gasteiger partial charge < -0.3 is 45.4 Å². The predicted octanol–water partition coefficient (Wildman–Crippen LogP) is 0.667.